The van der Waals surface area contributed by atoms with Crippen LogP contribution in [0.2, 0.25) is 0 Å². The van der Waals surface area contributed by atoms with Crippen LogP contribution in [0, 0.1) is 12.8 Å². The monoisotopic (exact) mass is 339 g/mol. The zero-order valence-electron chi connectivity index (χ0n) is 11.4. The van der Waals surface area contributed by atoms with Gasteiger partial charge in [-0.1, -0.05) is 12.1 Å². The van der Waals surface area contributed by atoms with Gasteiger partial charge in [0.15, 0.2) is 0 Å². The molecule has 0 spiro atoms. The van der Waals surface area contributed by atoms with Crippen molar-refractivity contribution in [3.8, 4) is 0 Å². The van der Waals surface area contributed by atoms with E-state index in [4.69, 9.17) is 5.11 Å². The number of aryl methyl sites for hydroxylation is 1. The number of amides is 1. The van der Waals surface area contributed by atoms with Gasteiger partial charge in [0.1, 0.15) is 0 Å². The molecule has 2 rings (SSSR count). The van der Waals surface area contributed by atoms with Crippen LogP contribution in [-0.4, -0.2) is 35.0 Å². The Balaban J connectivity index is 2.02. The third kappa shape index (κ3) is 3.39. The van der Waals surface area contributed by atoms with Gasteiger partial charge >= 0.3 is 5.97 Å². The summed E-state index contributed by atoms with van der Waals surface area (Å²) in [6, 6.07) is 5.66. The SMILES string of the molecule is Cc1cccc(C(=O)N2CCC(CC(=O)O)CC2)c1Br. The van der Waals surface area contributed by atoms with Crippen LogP contribution in [0.4, 0.5) is 0 Å². The van der Waals surface area contributed by atoms with Gasteiger partial charge in [0.05, 0.1) is 5.56 Å². The number of likely N-dealkylation sites (tertiary alicyclic amines) is 1. The molecule has 5 heteroatoms. The topological polar surface area (TPSA) is 57.6 Å². The third-order valence-corrected chi connectivity index (χ3v) is 4.84. The molecule has 20 heavy (non-hydrogen) atoms. The Morgan fingerprint density at radius 2 is 2.00 bits per heavy atom. The number of rotatable bonds is 3. The first-order valence-electron chi connectivity index (χ1n) is 6.75. The molecule has 0 aromatic heterocycles. The van der Waals surface area contributed by atoms with Crippen LogP contribution in [0.5, 0.6) is 0 Å². The first-order valence-corrected chi connectivity index (χ1v) is 7.54. The summed E-state index contributed by atoms with van der Waals surface area (Å²) in [5, 5.41) is 8.80. The van der Waals surface area contributed by atoms with E-state index >= 15 is 0 Å². The Morgan fingerprint density at radius 3 is 2.60 bits per heavy atom. The number of carboxylic acids is 1. The standard InChI is InChI=1S/C15H18BrNO3/c1-10-3-2-4-12(14(10)16)15(20)17-7-5-11(6-8-17)9-13(18)19/h2-4,11H,5-9H2,1H3,(H,18,19). The predicted molar refractivity (Wildman–Crippen MR) is 79.8 cm³/mol. The second-order valence-corrected chi connectivity index (χ2v) is 6.06. The van der Waals surface area contributed by atoms with E-state index < -0.39 is 5.97 Å². The summed E-state index contributed by atoms with van der Waals surface area (Å²) in [6.45, 7) is 3.23. The predicted octanol–water partition coefficient (Wildman–Crippen LogP) is 3.08. The molecule has 1 N–H and O–H groups in total. The number of carbonyl (C=O) groups excluding carboxylic acids is 1. The van der Waals surface area contributed by atoms with E-state index in [1.807, 2.05) is 30.0 Å². The first-order chi connectivity index (χ1) is 9.49. The van der Waals surface area contributed by atoms with Gasteiger partial charge in [0.25, 0.3) is 5.91 Å². The highest BCUT2D eigenvalue weighted by atomic mass is 79.9. The lowest BCUT2D eigenvalue weighted by molar-refractivity contribution is -0.138. The zero-order valence-corrected chi connectivity index (χ0v) is 13.0. The fourth-order valence-corrected chi connectivity index (χ4v) is 3.00. The molecule has 108 valence electrons. The Hall–Kier alpha value is -1.36. The molecule has 0 aliphatic carbocycles. The summed E-state index contributed by atoms with van der Waals surface area (Å²) in [5.74, 6) is -0.539. The maximum atomic E-state index is 12.5. The van der Waals surface area contributed by atoms with Crippen molar-refractivity contribution < 1.29 is 14.7 Å². The Labute approximate surface area is 126 Å². The molecule has 0 unspecified atom stereocenters. The molecule has 1 saturated heterocycles. The van der Waals surface area contributed by atoms with Gasteiger partial charge in [-0.05, 0) is 53.2 Å². The van der Waals surface area contributed by atoms with Crippen molar-refractivity contribution in [2.75, 3.05) is 13.1 Å². The summed E-state index contributed by atoms with van der Waals surface area (Å²) >= 11 is 3.47. The number of aliphatic carboxylic acids is 1. The second kappa shape index (κ2) is 6.39. The number of piperidine rings is 1. The van der Waals surface area contributed by atoms with E-state index in [0.717, 1.165) is 22.9 Å². The van der Waals surface area contributed by atoms with E-state index in [0.29, 0.717) is 18.7 Å². The molecule has 1 heterocycles. The average molecular weight is 340 g/mol. The van der Waals surface area contributed by atoms with Crippen molar-refractivity contribution in [2.24, 2.45) is 5.92 Å². The lowest BCUT2D eigenvalue weighted by Crippen LogP contribution is -2.39. The van der Waals surface area contributed by atoms with E-state index in [1.165, 1.54) is 0 Å². The number of halogens is 1. The fourth-order valence-electron chi connectivity index (χ4n) is 2.57. The van der Waals surface area contributed by atoms with Crippen molar-refractivity contribution in [3.63, 3.8) is 0 Å². The molecular formula is C15H18BrNO3. The zero-order chi connectivity index (χ0) is 14.7. The van der Waals surface area contributed by atoms with Gasteiger partial charge in [0, 0.05) is 24.0 Å². The Morgan fingerprint density at radius 1 is 1.35 bits per heavy atom. The van der Waals surface area contributed by atoms with Crippen molar-refractivity contribution >= 4 is 27.8 Å². The highest BCUT2D eigenvalue weighted by molar-refractivity contribution is 9.10. The Kier molecular flexibility index (Phi) is 4.81. The van der Waals surface area contributed by atoms with Crippen molar-refractivity contribution in [1.82, 2.24) is 4.90 Å². The van der Waals surface area contributed by atoms with Crippen LogP contribution in [0.25, 0.3) is 0 Å². The number of carbonyl (C=O) groups is 2. The van der Waals surface area contributed by atoms with E-state index in [2.05, 4.69) is 15.9 Å². The van der Waals surface area contributed by atoms with Gasteiger partial charge in [-0.25, -0.2) is 0 Å². The number of hydrogen-bond acceptors (Lipinski definition) is 2. The minimum absolute atomic E-state index is 0.0225. The number of benzene rings is 1. The normalized spacial score (nSPS) is 16.2. The number of nitrogens with zero attached hydrogens (tertiary/aromatic N) is 1. The van der Waals surface area contributed by atoms with Crippen molar-refractivity contribution in [1.29, 1.82) is 0 Å². The van der Waals surface area contributed by atoms with Crippen LogP contribution in [-0.2, 0) is 4.79 Å². The third-order valence-electron chi connectivity index (χ3n) is 3.79. The molecule has 1 fully saturated rings. The summed E-state index contributed by atoms with van der Waals surface area (Å²) in [4.78, 5) is 25.0. The lowest BCUT2D eigenvalue weighted by Gasteiger charge is -2.31. The van der Waals surface area contributed by atoms with Crippen molar-refractivity contribution in [3.05, 3.63) is 33.8 Å². The van der Waals surface area contributed by atoms with Crippen LogP contribution in [0.1, 0.15) is 35.2 Å². The summed E-state index contributed by atoms with van der Waals surface area (Å²) in [6.07, 6.45) is 1.74. The molecule has 4 nitrogen and oxygen atoms in total. The van der Waals surface area contributed by atoms with E-state index in [1.54, 1.807) is 0 Å². The first kappa shape index (κ1) is 15.0. The molecule has 1 aliphatic heterocycles. The molecule has 1 aromatic carbocycles. The minimum Gasteiger partial charge on any atom is -0.481 e. The van der Waals surface area contributed by atoms with Gasteiger partial charge < -0.3 is 10.0 Å². The molecule has 0 bridgehead atoms. The maximum absolute atomic E-state index is 12.5. The quantitative estimate of drug-likeness (QED) is 0.920. The molecule has 0 saturated carbocycles. The molecular weight excluding hydrogens is 322 g/mol. The van der Waals surface area contributed by atoms with Crippen LogP contribution in [0.3, 0.4) is 0 Å². The summed E-state index contributed by atoms with van der Waals surface area (Å²) < 4.78 is 0.845. The highest BCUT2D eigenvalue weighted by Gasteiger charge is 2.26. The fraction of sp³-hybridized carbons (Fsp3) is 0.467. The van der Waals surface area contributed by atoms with Crippen LogP contribution >= 0.6 is 15.9 Å². The van der Waals surface area contributed by atoms with Crippen molar-refractivity contribution in [2.45, 2.75) is 26.2 Å². The lowest BCUT2D eigenvalue weighted by atomic mass is 9.93. The summed E-state index contributed by atoms with van der Waals surface area (Å²) in [7, 11) is 0. The second-order valence-electron chi connectivity index (χ2n) is 5.27. The molecule has 0 atom stereocenters. The van der Waals surface area contributed by atoms with E-state index in [9.17, 15) is 9.59 Å². The molecule has 1 amide bonds. The van der Waals surface area contributed by atoms with Gasteiger partial charge in [0.2, 0.25) is 0 Å². The number of hydrogen-bond donors (Lipinski definition) is 1. The molecule has 1 aliphatic rings. The van der Waals surface area contributed by atoms with Gasteiger partial charge in [-0.2, -0.15) is 0 Å². The minimum atomic E-state index is -0.754. The van der Waals surface area contributed by atoms with Gasteiger partial charge in [-0.15, -0.1) is 0 Å². The molecule has 0 radical (unpaired) electrons. The average Bonchev–Trinajstić information content (AvgIpc) is 2.41. The number of carboxylic acid groups (broad SMARTS) is 1. The van der Waals surface area contributed by atoms with E-state index in [-0.39, 0.29) is 18.2 Å². The largest absolute Gasteiger partial charge is 0.481 e. The Bertz CT molecular complexity index is 522. The maximum Gasteiger partial charge on any atom is 0.303 e. The summed E-state index contributed by atoms with van der Waals surface area (Å²) in [5.41, 5.74) is 1.72. The highest BCUT2D eigenvalue weighted by Crippen LogP contribution is 2.26. The smallest absolute Gasteiger partial charge is 0.303 e. The molecule has 1 aromatic rings. The van der Waals surface area contributed by atoms with Crippen LogP contribution < -0.4 is 0 Å². The van der Waals surface area contributed by atoms with Crippen LogP contribution in [0.15, 0.2) is 22.7 Å². The van der Waals surface area contributed by atoms with Gasteiger partial charge in [-0.3, -0.25) is 9.59 Å².